The van der Waals surface area contributed by atoms with E-state index >= 15 is 0 Å². The first-order valence-electron chi connectivity index (χ1n) is 9.22. The highest BCUT2D eigenvalue weighted by molar-refractivity contribution is 6.30. The Kier molecular flexibility index (Phi) is 5.40. The van der Waals surface area contributed by atoms with Gasteiger partial charge >= 0.3 is 0 Å². The number of halogens is 1. The fourth-order valence-corrected chi connectivity index (χ4v) is 3.09. The number of fused-ring (bicyclic) bond motifs is 1. The van der Waals surface area contributed by atoms with E-state index < -0.39 is 0 Å². The van der Waals surface area contributed by atoms with Gasteiger partial charge in [0.05, 0.1) is 5.52 Å². The molecule has 0 bridgehead atoms. The minimum Gasteiger partial charge on any atom is -0.365 e. The smallest absolute Gasteiger partial charge is 0.225 e. The lowest BCUT2D eigenvalue weighted by atomic mass is 10.1. The number of hydrogen-bond donors (Lipinski definition) is 2. The molecule has 4 rings (SSSR count). The van der Waals surface area contributed by atoms with Crippen molar-refractivity contribution < 1.29 is 0 Å². The molecule has 1 heterocycles. The summed E-state index contributed by atoms with van der Waals surface area (Å²) < 4.78 is 0. The zero-order valence-electron chi connectivity index (χ0n) is 15.6. The van der Waals surface area contributed by atoms with Crippen molar-refractivity contribution in [3.63, 3.8) is 0 Å². The molecular weight excluding hydrogens is 368 g/mol. The van der Waals surface area contributed by atoms with Gasteiger partial charge in [0, 0.05) is 23.5 Å². The van der Waals surface area contributed by atoms with Gasteiger partial charge in [-0.25, -0.2) is 4.98 Å². The summed E-state index contributed by atoms with van der Waals surface area (Å²) in [7, 11) is 0. The average Bonchev–Trinajstić information content (AvgIpc) is 2.73. The lowest BCUT2D eigenvalue weighted by Crippen LogP contribution is -2.08. The second-order valence-corrected chi connectivity index (χ2v) is 7.17. The third kappa shape index (κ3) is 4.41. The topological polar surface area (TPSA) is 49.8 Å². The van der Waals surface area contributed by atoms with Crippen LogP contribution in [-0.2, 0) is 13.1 Å². The molecule has 0 aliphatic rings. The Morgan fingerprint density at radius 3 is 2.14 bits per heavy atom. The van der Waals surface area contributed by atoms with E-state index in [9.17, 15) is 0 Å². The van der Waals surface area contributed by atoms with Gasteiger partial charge in [0.25, 0.3) is 0 Å². The molecule has 0 atom stereocenters. The maximum Gasteiger partial charge on any atom is 0.225 e. The number of para-hydroxylation sites is 1. The number of nitrogens with one attached hydrogen (secondary N) is 2. The third-order valence-electron chi connectivity index (χ3n) is 4.55. The molecule has 0 saturated heterocycles. The Balaban J connectivity index is 1.55. The van der Waals surface area contributed by atoms with E-state index in [1.54, 1.807) is 0 Å². The highest BCUT2D eigenvalue weighted by Gasteiger charge is 2.07. The van der Waals surface area contributed by atoms with Crippen LogP contribution >= 0.6 is 11.6 Å². The first-order chi connectivity index (χ1) is 13.7. The summed E-state index contributed by atoms with van der Waals surface area (Å²) in [6.07, 6.45) is 0. The van der Waals surface area contributed by atoms with Crippen molar-refractivity contribution in [2.45, 2.75) is 20.0 Å². The van der Waals surface area contributed by atoms with E-state index in [4.69, 9.17) is 16.6 Å². The molecule has 0 amide bonds. The van der Waals surface area contributed by atoms with Gasteiger partial charge in [0.2, 0.25) is 5.95 Å². The Labute approximate surface area is 169 Å². The molecule has 28 heavy (non-hydrogen) atoms. The van der Waals surface area contributed by atoms with E-state index in [-0.39, 0.29) is 0 Å². The second kappa shape index (κ2) is 8.28. The summed E-state index contributed by atoms with van der Waals surface area (Å²) in [5, 5.41) is 8.51. The van der Waals surface area contributed by atoms with E-state index in [0.717, 1.165) is 27.3 Å². The summed E-state index contributed by atoms with van der Waals surface area (Å²) in [5.41, 5.74) is 4.49. The van der Waals surface area contributed by atoms with Crippen molar-refractivity contribution >= 4 is 34.3 Å². The summed E-state index contributed by atoms with van der Waals surface area (Å²) in [6, 6.07) is 24.3. The molecule has 0 spiro atoms. The minimum absolute atomic E-state index is 0.609. The zero-order chi connectivity index (χ0) is 19.3. The molecule has 0 fully saturated rings. The van der Waals surface area contributed by atoms with Crippen LogP contribution in [0.1, 0.15) is 16.7 Å². The average molecular weight is 389 g/mol. The van der Waals surface area contributed by atoms with E-state index in [1.165, 1.54) is 11.1 Å². The van der Waals surface area contributed by atoms with Crippen LogP contribution in [0.25, 0.3) is 10.9 Å². The molecule has 0 radical (unpaired) electrons. The second-order valence-electron chi connectivity index (χ2n) is 6.73. The summed E-state index contributed by atoms with van der Waals surface area (Å²) in [6.45, 7) is 3.42. The SMILES string of the molecule is Cc1ccc(CNc2nc(NCc3ccc(Cl)cc3)c3ccccc3n2)cc1. The third-order valence-corrected chi connectivity index (χ3v) is 4.80. The molecule has 0 aliphatic carbocycles. The van der Waals surface area contributed by atoms with Crippen LogP contribution in [0.15, 0.2) is 72.8 Å². The lowest BCUT2D eigenvalue weighted by molar-refractivity contribution is 1.05. The maximum absolute atomic E-state index is 5.97. The van der Waals surface area contributed by atoms with Gasteiger partial charge in [-0.2, -0.15) is 4.98 Å². The highest BCUT2D eigenvalue weighted by atomic mass is 35.5. The van der Waals surface area contributed by atoms with Crippen LogP contribution in [0, 0.1) is 6.92 Å². The monoisotopic (exact) mass is 388 g/mol. The molecule has 0 unspecified atom stereocenters. The first-order valence-corrected chi connectivity index (χ1v) is 9.60. The lowest BCUT2D eigenvalue weighted by Gasteiger charge is -2.12. The van der Waals surface area contributed by atoms with Crippen LogP contribution in [0.5, 0.6) is 0 Å². The molecule has 4 aromatic rings. The van der Waals surface area contributed by atoms with Crippen LogP contribution < -0.4 is 10.6 Å². The molecule has 0 aliphatic heterocycles. The fraction of sp³-hybridized carbons (Fsp3) is 0.130. The fourth-order valence-electron chi connectivity index (χ4n) is 2.97. The van der Waals surface area contributed by atoms with Gasteiger partial charge in [-0.15, -0.1) is 0 Å². The summed E-state index contributed by atoms with van der Waals surface area (Å²) in [5.74, 6) is 1.42. The van der Waals surface area contributed by atoms with Gasteiger partial charge in [-0.05, 0) is 42.3 Å². The molecule has 1 aromatic heterocycles. The zero-order valence-corrected chi connectivity index (χ0v) is 16.4. The highest BCUT2D eigenvalue weighted by Crippen LogP contribution is 2.23. The number of aryl methyl sites for hydroxylation is 1. The van der Waals surface area contributed by atoms with E-state index in [2.05, 4.69) is 46.8 Å². The van der Waals surface area contributed by atoms with Crippen LogP contribution in [-0.4, -0.2) is 9.97 Å². The predicted molar refractivity (Wildman–Crippen MR) is 117 cm³/mol. The number of rotatable bonds is 6. The van der Waals surface area contributed by atoms with Crippen molar-refractivity contribution in [1.29, 1.82) is 0 Å². The molecule has 3 aromatic carbocycles. The quantitative estimate of drug-likeness (QED) is 0.437. The van der Waals surface area contributed by atoms with Crippen molar-refractivity contribution in [1.82, 2.24) is 9.97 Å². The summed E-state index contributed by atoms with van der Waals surface area (Å²) in [4.78, 5) is 9.36. The number of hydrogen-bond acceptors (Lipinski definition) is 4. The molecule has 140 valence electrons. The van der Waals surface area contributed by atoms with Crippen LogP contribution in [0.2, 0.25) is 5.02 Å². The molecule has 0 saturated carbocycles. The van der Waals surface area contributed by atoms with Gasteiger partial charge in [-0.1, -0.05) is 65.7 Å². The van der Waals surface area contributed by atoms with E-state index in [0.29, 0.717) is 19.0 Å². The standard InChI is InChI=1S/C23H21ClN4/c1-16-6-8-17(9-7-16)15-26-23-27-21-5-3-2-4-20(21)22(28-23)25-14-18-10-12-19(24)13-11-18/h2-13H,14-15H2,1H3,(H2,25,26,27,28). The van der Waals surface area contributed by atoms with Crippen LogP contribution in [0.3, 0.4) is 0 Å². The van der Waals surface area contributed by atoms with Crippen molar-refractivity contribution in [2.75, 3.05) is 10.6 Å². The molecule has 5 heteroatoms. The Morgan fingerprint density at radius 1 is 0.750 bits per heavy atom. The van der Waals surface area contributed by atoms with Crippen molar-refractivity contribution in [2.24, 2.45) is 0 Å². The largest absolute Gasteiger partial charge is 0.365 e. The maximum atomic E-state index is 5.97. The molecular formula is C23H21ClN4. The number of nitrogens with zero attached hydrogens (tertiary/aromatic N) is 2. The number of aromatic nitrogens is 2. The predicted octanol–water partition coefficient (Wildman–Crippen LogP) is 5.82. The Morgan fingerprint density at radius 2 is 1.39 bits per heavy atom. The van der Waals surface area contributed by atoms with Crippen LogP contribution in [0.4, 0.5) is 11.8 Å². The summed E-state index contributed by atoms with van der Waals surface area (Å²) >= 11 is 5.97. The van der Waals surface area contributed by atoms with E-state index in [1.807, 2.05) is 48.5 Å². The van der Waals surface area contributed by atoms with Gasteiger partial charge in [0.1, 0.15) is 5.82 Å². The van der Waals surface area contributed by atoms with Crippen molar-refractivity contribution in [3.8, 4) is 0 Å². The van der Waals surface area contributed by atoms with Gasteiger partial charge in [0.15, 0.2) is 0 Å². The minimum atomic E-state index is 0.609. The normalized spacial score (nSPS) is 10.8. The Hall–Kier alpha value is -3.11. The number of benzene rings is 3. The molecule has 4 nitrogen and oxygen atoms in total. The molecule has 2 N–H and O–H groups in total. The van der Waals surface area contributed by atoms with Gasteiger partial charge < -0.3 is 10.6 Å². The van der Waals surface area contributed by atoms with Gasteiger partial charge in [-0.3, -0.25) is 0 Å². The number of anilines is 2. The first kappa shape index (κ1) is 18.3. The van der Waals surface area contributed by atoms with Crippen molar-refractivity contribution in [3.05, 3.63) is 94.5 Å². The Bertz CT molecular complexity index is 1080.